The predicted molar refractivity (Wildman–Crippen MR) is 84.4 cm³/mol. The zero-order valence-electron chi connectivity index (χ0n) is 14.8. The zero-order chi connectivity index (χ0) is 16.6. The third-order valence-corrected chi connectivity index (χ3v) is 8.51. The van der Waals surface area contributed by atoms with Crippen LogP contribution in [0, 0.1) is 11.3 Å². The summed E-state index contributed by atoms with van der Waals surface area (Å²) in [5.41, 5.74) is -0.753. The highest BCUT2D eigenvalue weighted by molar-refractivity contribution is 5.36. The maximum atomic E-state index is 10.3. The Bertz CT molecular complexity index is 621. The molecule has 5 heteroatoms. The van der Waals surface area contributed by atoms with Crippen molar-refractivity contribution in [1.82, 2.24) is 0 Å². The molecule has 0 aromatic carbocycles. The molecule has 134 valence electrons. The number of rotatable bonds is 0. The maximum absolute atomic E-state index is 10.3. The Morgan fingerprint density at radius 3 is 2.67 bits per heavy atom. The van der Waals surface area contributed by atoms with E-state index in [9.17, 15) is 5.11 Å². The number of hydrogen-bond acceptors (Lipinski definition) is 5. The van der Waals surface area contributed by atoms with E-state index >= 15 is 0 Å². The molecule has 3 aliphatic carbocycles. The van der Waals surface area contributed by atoms with E-state index in [0.29, 0.717) is 12.5 Å². The van der Waals surface area contributed by atoms with Crippen molar-refractivity contribution in [2.24, 2.45) is 11.3 Å². The summed E-state index contributed by atoms with van der Waals surface area (Å²) in [6, 6.07) is 0. The van der Waals surface area contributed by atoms with Gasteiger partial charge >= 0.3 is 0 Å². The lowest BCUT2D eigenvalue weighted by atomic mass is 9.46. The van der Waals surface area contributed by atoms with E-state index in [-0.39, 0.29) is 40.5 Å². The molecule has 3 spiro atoms. The fourth-order valence-electron chi connectivity index (χ4n) is 7.49. The van der Waals surface area contributed by atoms with Gasteiger partial charge in [-0.15, -0.1) is 0 Å². The minimum atomic E-state index is -0.527. The molecule has 6 rings (SSSR count). The van der Waals surface area contributed by atoms with E-state index in [0.717, 1.165) is 38.5 Å². The topological polar surface area (TPSA) is 60.5 Å². The largest absolute Gasteiger partial charge is 0.393 e. The lowest BCUT2D eigenvalue weighted by Gasteiger charge is -2.56. The summed E-state index contributed by atoms with van der Waals surface area (Å²) >= 11 is 0. The molecule has 3 heterocycles. The molecule has 0 amide bonds. The summed E-state index contributed by atoms with van der Waals surface area (Å²) in [4.78, 5) is 0. The van der Waals surface area contributed by atoms with Crippen molar-refractivity contribution < 1.29 is 24.1 Å². The molecule has 24 heavy (non-hydrogen) atoms. The van der Waals surface area contributed by atoms with Crippen LogP contribution in [0.15, 0.2) is 0 Å². The highest BCUT2D eigenvalue weighted by Crippen LogP contribution is 2.79. The van der Waals surface area contributed by atoms with Crippen LogP contribution in [-0.2, 0) is 18.9 Å². The van der Waals surface area contributed by atoms with E-state index in [2.05, 4.69) is 6.92 Å². The van der Waals surface area contributed by atoms with Gasteiger partial charge in [0, 0.05) is 17.8 Å². The van der Waals surface area contributed by atoms with Crippen LogP contribution in [0.2, 0.25) is 0 Å². The SMILES string of the molecule is CC1(C)OC[C@]23O[C@@]45CCC(O)CC46OC6C[C@H]2[C@]5(C)CC[C@@H]3O1. The third-order valence-electron chi connectivity index (χ3n) is 8.51. The molecule has 3 unspecified atom stereocenters. The van der Waals surface area contributed by atoms with Crippen molar-refractivity contribution in [3.8, 4) is 0 Å². The zero-order valence-corrected chi connectivity index (χ0v) is 14.8. The third kappa shape index (κ3) is 1.34. The highest BCUT2D eigenvalue weighted by Gasteiger charge is 2.88. The minimum absolute atomic E-state index is 0.102. The first-order chi connectivity index (χ1) is 11.3. The smallest absolute Gasteiger partial charge is 0.163 e. The second-order valence-corrected chi connectivity index (χ2v) is 9.82. The van der Waals surface area contributed by atoms with E-state index in [1.807, 2.05) is 13.8 Å². The van der Waals surface area contributed by atoms with E-state index < -0.39 is 5.79 Å². The Morgan fingerprint density at radius 1 is 1.00 bits per heavy atom. The van der Waals surface area contributed by atoms with Crippen LogP contribution >= 0.6 is 0 Å². The Balaban J connectivity index is 1.49. The van der Waals surface area contributed by atoms with Gasteiger partial charge < -0.3 is 24.1 Å². The fraction of sp³-hybridized carbons (Fsp3) is 1.00. The van der Waals surface area contributed by atoms with Crippen LogP contribution in [0.5, 0.6) is 0 Å². The normalized spacial score (nSPS) is 65.5. The van der Waals surface area contributed by atoms with Crippen LogP contribution in [0.25, 0.3) is 0 Å². The Kier molecular flexibility index (Phi) is 2.42. The number of ether oxygens (including phenoxy) is 4. The molecule has 3 aliphatic heterocycles. The van der Waals surface area contributed by atoms with E-state index in [1.54, 1.807) is 0 Å². The molecule has 3 saturated carbocycles. The molecule has 0 aromatic heterocycles. The van der Waals surface area contributed by atoms with Gasteiger partial charge in [-0.2, -0.15) is 0 Å². The summed E-state index contributed by atoms with van der Waals surface area (Å²) < 4.78 is 25.9. The summed E-state index contributed by atoms with van der Waals surface area (Å²) in [7, 11) is 0. The Morgan fingerprint density at radius 2 is 1.83 bits per heavy atom. The molecular formula is C19H28O5. The van der Waals surface area contributed by atoms with Crippen molar-refractivity contribution in [3.63, 3.8) is 0 Å². The number of aliphatic hydroxyl groups excluding tert-OH is 1. The second kappa shape index (κ2) is 3.89. The van der Waals surface area contributed by atoms with Crippen molar-refractivity contribution >= 4 is 0 Å². The molecule has 1 N–H and O–H groups in total. The average Bonchev–Trinajstić information content (AvgIpc) is 3.18. The van der Waals surface area contributed by atoms with Crippen LogP contribution < -0.4 is 0 Å². The molecule has 6 aliphatic rings. The summed E-state index contributed by atoms with van der Waals surface area (Å²) in [6.45, 7) is 7.05. The average molecular weight is 336 g/mol. The van der Waals surface area contributed by atoms with Gasteiger partial charge in [0.05, 0.1) is 24.9 Å². The van der Waals surface area contributed by atoms with Gasteiger partial charge in [0.15, 0.2) is 5.79 Å². The number of aliphatic hydroxyl groups is 1. The molecule has 6 fully saturated rings. The van der Waals surface area contributed by atoms with Gasteiger partial charge in [-0.25, -0.2) is 0 Å². The quantitative estimate of drug-likeness (QED) is 0.687. The Labute approximate surface area is 143 Å². The molecule has 0 aromatic rings. The van der Waals surface area contributed by atoms with Crippen molar-refractivity contribution in [3.05, 3.63) is 0 Å². The first-order valence-electron chi connectivity index (χ1n) is 9.65. The summed E-state index contributed by atoms with van der Waals surface area (Å²) in [5.74, 6) is -0.1000. The van der Waals surface area contributed by atoms with E-state index in [1.165, 1.54) is 0 Å². The van der Waals surface area contributed by atoms with Crippen molar-refractivity contribution in [2.75, 3.05) is 6.61 Å². The number of hydrogen-bond donors (Lipinski definition) is 1. The molecule has 5 nitrogen and oxygen atoms in total. The Hall–Kier alpha value is -0.200. The molecule has 8 atom stereocenters. The molecule has 0 radical (unpaired) electrons. The summed E-state index contributed by atoms with van der Waals surface area (Å²) in [5, 5.41) is 10.3. The maximum Gasteiger partial charge on any atom is 0.163 e. The van der Waals surface area contributed by atoms with Crippen LogP contribution in [0.3, 0.4) is 0 Å². The van der Waals surface area contributed by atoms with Gasteiger partial charge in [0.2, 0.25) is 0 Å². The standard InChI is InChI=1S/C19H28O5/c1-15(2)21-10-17-12-8-14-18(23-14)9-11(20)4-7-19(18,24-17)16(12,3)6-5-13(17)22-15/h11-14,20H,4-10H2,1-3H3/t11?,12-,13-,14?,16-,17-,18?,19+/m0/s1. The van der Waals surface area contributed by atoms with Gasteiger partial charge in [-0.1, -0.05) is 6.92 Å². The van der Waals surface area contributed by atoms with Crippen LogP contribution in [0.4, 0.5) is 0 Å². The summed E-state index contributed by atoms with van der Waals surface area (Å²) in [6.07, 6.45) is 5.72. The van der Waals surface area contributed by atoms with Gasteiger partial charge in [-0.3, -0.25) is 0 Å². The van der Waals surface area contributed by atoms with Crippen molar-refractivity contribution in [2.45, 2.75) is 100 Å². The second-order valence-electron chi connectivity index (χ2n) is 9.82. The van der Waals surface area contributed by atoms with Gasteiger partial charge in [0.1, 0.15) is 16.8 Å². The first kappa shape index (κ1) is 14.9. The number of epoxide rings is 1. The van der Waals surface area contributed by atoms with E-state index in [4.69, 9.17) is 18.9 Å². The first-order valence-corrected chi connectivity index (χ1v) is 9.65. The molecule has 4 bridgehead atoms. The lowest BCUT2D eigenvalue weighted by Crippen LogP contribution is -2.65. The lowest BCUT2D eigenvalue weighted by molar-refractivity contribution is -0.354. The predicted octanol–water partition coefficient (Wildman–Crippen LogP) is 2.15. The minimum Gasteiger partial charge on any atom is -0.393 e. The van der Waals surface area contributed by atoms with Crippen LogP contribution in [0.1, 0.15) is 59.3 Å². The molecular weight excluding hydrogens is 308 g/mol. The van der Waals surface area contributed by atoms with Crippen LogP contribution in [-0.4, -0.2) is 52.6 Å². The van der Waals surface area contributed by atoms with Gasteiger partial charge in [0.25, 0.3) is 0 Å². The van der Waals surface area contributed by atoms with Gasteiger partial charge in [-0.05, 0) is 46.0 Å². The monoisotopic (exact) mass is 336 g/mol. The fourth-order valence-corrected chi connectivity index (χ4v) is 7.49. The highest BCUT2D eigenvalue weighted by atomic mass is 16.7. The van der Waals surface area contributed by atoms with Crippen molar-refractivity contribution in [1.29, 1.82) is 0 Å². The molecule has 3 saturated heterocycles.